The van der Waals surface area contributed by atoms with Crippen molar-refractivity contribution >= 4 is 7.14 Å². The second kappa shape index (κ2) is 5.72. The smallest absolute Gasteiger partial charge is 0.114 e. The number of hydrogen-bond acceptors (Lipinski definition) is 4. The van der Waals surface area contributed by atoms with Crippen LogP contribution in [-0.4, -0.2) is 47.2 Å². The minimum absolute atomic E-state index is 0.0184. The van der Waals surface area contributed by atoms with Gasteiger partial charge < -0.3 is 19.9 Å². The minimum Gasteiger partial charge on any atom is -0.396 e. The Labute approximate surface area is 66.2 Å². The van der Waals surface area contributed by atoms with Gasteiger partial charge in [-0.2, -0.15) is 0 Å². The fourth-order valence-corrected chi connectivity index (χ4v) is 2.38. The van der Waals surface area contributed by atoms with Crippen LogP contribution in [-0.2, 0) is 4.57 Å². The van der Waals surface area contributed by atoms with E-state index in [1.807, 2.05) is 0 Å². The summed E-state index contributed by atoms with van der Waals surface area (Å²) in [5, 5.41) is 25.6. The summed E-state index contributed by atoms with van der Waals surface area (Å²) >= 11 is 0. The number of aliphatic hydroxyl groups excluding tert-OH is 3. The quantitative estimate of drug-likeness (QED) is 0.492. The lowest BCUT2D eigenvalue weighted by Gasteiger charge is -2.12. The molecular formula is C6H15O4P. The van der Waals surface area contributed by atoms with E-state index in [0.29, 0.717) is 12.6 Å². The van der Waals surface area contributed by atoms with Crippen molar-refractivity contribution in [1.82, 2.24) is 0 Å². The summed E-state index contributed by atoms with van der Waals surface area (Å²) in [6.45, 7) is -0.182. The zero-order valence-electron chi connectivity index (χ0n) is 6.44. The predicted octanol–water partition coefficient (Wildman–Crippen LogP) is -0.326. The van der Waals surface area contributed by atoms with Crippen LogP contribution in [0.5, 0.6) is 0 Å². The number of aliphatic hydroxyl groups is 3. The Morgan fingerprint density at radius 2 is 1.64 bits per heavy atom. The SMILES string of the molecule is O=P(CO)(CCO)CCCO. The van der Waals surface area contributed by atoms with Crippen LogP contribution >= 0.6 is 7.14 Å². The van der Waals surface area contributed by atoms with Gasteiger partial charge in [-0.15, -0.1) is 0 Å². The van der Waals surface area contributed by atoms with Gasteiger partial charge in [0.1, 0.15) is 7.14 Å². The summed E-state index contributed by atoms with van der Waals surface area (Å²) in [5.41, 5.74) is 0. The first-order valence-corrected chi connectivity index (χ1v) is 5.84. The second-order valence-electron chi connectivity index (χ2n) is 2.45. The third-order valence-electron chi connectivity index (χ3n) is 1.49. The van der Waals surface area contributed by atoms with Crippen molar-refractivity contribution < 1.29 is 19.9 Å². The van der Waals surface area contributed by atoms with Crippen LogP contribution in [0, 0.1) is 0 Å². The van der Waals surface area contributed by atoms with Gasteiger partial charge in [0.15, 0.2) is 0 Å². The molecule has 0 fully saturated rings. The predicted molar refractivity (Wildman–Crippen MR) is 43.2 cm³/mol. The molecule has 11 heavy (non-hydrogen) atoms. The average molecular weight is 182 g/mol. The van der Waals surface area contributed by atoms with Gasteiger partial charge in [-0.25, -0.2) is 0 Å². The van der Waals surface area contributed by atoms with Crippen molar-refractivity contribution in [2.45, 2.75) is 6.42 Å². The highest BCUT2D eigenvalue weighted by atomic mass is 31.2. The molecule has 0 heterocycles. The van der Waals surface area contributed by atoms with Crippen LogP contribution in [0.4, 0.5) is 0 Å². The van der Waals surface area contributed by atoms with E-state index in [9.17, 15) is 4.57 Å². The maximum absolute atomic E-state index is 11.4. The Bertz CT molecular complexity index is 137. The molecule has 0 aliphatic heterocycles. The topological polar surface area (TPSA) is 77.8 Å². The van der Waals surface area contributed by atoms with Crippen LogP contribution in [0.1, 0.15) is 6.42 Å². The Morgan fingerprint density at radius 1 is 1.00 bits per heavy atom. The molecule has 1 atom stereocenters. The molecular weight excluding hydrogens is 167 g/mol. The third-order valence-corrected chi connectivity index (χ3v) is 4.15. The first-order chi connectivity index (χ1) is 5.18. The summed E-state index contributed by atoms with van der Waals surface area (Å²) in [6, 6.07) is 0. The first kappa shape index (κ1) is 11.1. The Hall–Kier alpha value is 0.110. The van der Waals surface area contributed by atoms with Crippen LogP contribution in [0.15, 0.2) is 0 Å². The summed E-state index contributed by atoms with van der Waals surface area (Å²) in [7, 11) is -2.57. The molecule has 68 valence electrons. The van der Waals surface area contributed by atoms with Crippen molar-refractivity contribution in [3.8, 4) is 0 Å². The summed E-state index contributed by atoms with van der Waals surface area (Å²) in [5.74, 6) is 0. The van der Waals surface area contributed by atoms with Crippen LogP contribution in [0.2, 0.25) is 0 Å². The Kier molecular flexibility index (Phi) is 5.78. The molecule has 0 aromatic heterocycles. The molecule has 0 aliphatic rings. The maximum atomic E-state index is 11.4. The Morgan fingerprint density at radius 3 is 2.00 bits per heavy atom. The zero-order chi connectivity index (χ0) is 8.74. The van der Waals surface area contributed by atoms with Crippen LogP contribution in [0.3, 0.4) is 0 Å². The molecule has 0 rings (SSSR count). The lowest BCUT2D eigenvalue weighted by molar-refractivity contribution is 0.292. The molecule has 5 heteroatoms. The molecule has 0 aromatic rings. The largest absolute Gasteiger partial charge is 0.396 e. The van der Waals surface area contributed by atoms with E-state index in [2.05, 4.69) is 0 Å². The average Bonchev–Trinajstić information content (AvgIpc) is 2.02. The molecule has 0 radical (unpaired) electrons. The normalized spacial score (nSPS) is 16.3. The molecule has 0 aliphatic carbocycles. The van der Waals surface area contributed by atoms with Gasteiger partial charge in [-0.05, 0) is 6.42 Å². The van der Waals surface area contributed by atoms with Crippen molar-refractivity contribution in [2.75, 3.05) is 31.9 Å². The zero-order valence-corrected chi connectivity index (χ0v) is 7.33. The number of hydrogen-bond donors (Lipinski definition) is 3. The molecule has 0 aromatic carbocycles. The van der Waals surface area contributed by atoms with Gasteiger partial charge in [-0.3, -0.25) is 0 Å². The molecule has 0 saturated heterocycles. The van der Waals surface area contributed by atoms with Crippen molar-refractivity contribution in [3.63, 3.8) is 0 Å². The molecule has 0 saturated carbocycles. The van der Waals surface area contributed by atoms with E-state index in [1.165, 1.54) is 0 Å². The highest BCUT2D eigenvalue weighted by Crippen LogP contribution is 2.44. The second-order valence-corrected chi connectivity index (χ2v) is 5.74. The van der Waals surface area contributed by atoms with Gasteiger partial charge in [0.25, 0.3) is 0 Å². The van der Waals surface area contributed by atoms with Crippen molar-refractivity contribution in [2.24, 2.45) is 0 Å². The van der Waals surface area contributed by atoms with E-state index in [4.69, 9.17) is 15.3 Å². The van der Waals surface area contributed by atoms with Crippen molar-refractivity contribution in [1.29, 1.82) is 0 Å². The lowest BCUT2D eigenvalue weighted by Crippen LogP contribution is -2.04. The highest BCUT2D eigenvalue weighted by molar-refractivity contribution is 7.63. The summed E-state index contributed by atoms with van der Waals surface area (Å²) in [6.07, 6.45) is 0.537. The lowest BCUT2D eigenvalue weighted by atomic mass is 10.5. The van der Waals surface area contributed by atoms with E-state index in [0.717, 1.165) is 0 Å². The van der Waals surface area contributed by atoms with Gasteiger partial charge in [0, 0.05) is 25.5 Å². The molecule has 3 N–H and O–H groups in total. The standard InChI is InChI=1S/C6H15O4P/c7-2-1-4-11(10,6-9)5-3-8/h7-9H,1-6H2. The van der Waals surface area contributed by atoms with Crippen molar-refractivity contribution in [3.05, 3.63) is 0 Å². The minimum atomic E-state index is -2.57. The van der Waals surface area contributed by atoms with Gasteiger partial charge in [0.2, 0.25) is 0 Å². The molecule has 0 bridgehead atoms. The monoisotopic (exact) mass is 182 g/mol. The summed E-state index contributed by atoms with van der Waals surface area (Å²) in [4.78, 5) is 0. The molecule has 4 nitrogen and oxygen atoms in total. The summed E-state index contributed by atoms with van der Waals surface area (Å²) < 4.78 is 11.4. The Balaban J connectivity index is 3.79. The fraction of sp³-hybridized carbons (Fsp3) is 1.00. The first-order valence-electron chi connectivity index (χ1n) is 3.58. The molecule has 0 spiro atoms. The van der Waals surface area contributed by atoms with E-state index in [-0.39, 0.29) is 25.7 Å². The number of rotatable bonds is 6. The van der Waals surface area contributed by atoms with Gasteiger partial charge >= 0.3 is 0 Å². The van der Waals surface area contributed by atoms with Crippen LogP contribution < -0.4 is 0 Å². The van der Waals surface area contributed by atoms with E-state index in [1.54, 1.807) is 0 Å². The van der Waals surface area contributed by atoms with Crippen LogP contribution in [0.25, 0.3) is 0 Å². The third kappa shape index (κ3) is 4.53. The maximum Gasteiger partial charge on any atom is 0.114 e. The molecule has 1 unspecified atom stereocenters. The highest BCUT2D eigenvalue weighted by Gasteiger charge is 2.18. The van der Waals surface area contributed by atoms with E-state index < -0.39 is 7.14 Å². The molecule has 0 amide bonds. The van der Waals surface area contributed by atoms with Gasteiger partial charge in [0.05, 0.1) is 6.35 Å². The fourth-order valence-electron chi connectivity index (χ4n) is 0.794. The van der Waals surface area contributed by atoms with Gasteiger partial charge in [-0.1, -0.05) is 0 Å². The van der Waals surface area contributed by atoms with E-state index >= 15 is 0 Å².